The molecule has 6 heteroatoms. The number of carbonyl (C=O) groups is 2. The summed E-state index contributed by atoms with van der Waals surface area (Å²) in [5.41, 5.74) is 0. The maximum atomic E-state index is 12.5. The van der Waals surface area contributed by atoms with Gasteiger partial charge in [0.25, 0.3) is 11.7 Å². The molecule has 2 aromatic heterocycles. The van der Waals surface area contributed by atoms with E-state index in [1.165, 1.54) is 12.3 Å². The number of nitrogens with zero attached hydrogens (tertiary/aromatic N) is 3. The second-order valence-corrected chi connectivity index (χ2v) is 6.23. The molecule has 1 saturated heterocycles. The number of aryl methyl sites for hydroxylation is 1. The van der Waals surface area contributed by atoms with Gasteiger partial charge in [0.05, 0.1) is 6.26 Å². The number of likely N-dealkylation sites (tertiary alicyclic amines) is 1. The van der Waals surface area contributed by atoms with Gasteiger partial charge in [0.1, 0.15) is 5.82 Å². The molecule has 128 valence electrons. The second kappa shape index (κ2) is 7.47. The number of Topliss-reactive ketones (excluding diaryl/α,β-unsaturated/α-hetero) is 1. The SMILES string of the molecule is CCCCn1ccnc1C1CCCN(C(=O)C(=O)c2ccco2)C1. The van der Waals surface area contributed by atoms with Crippen molar-refractivity contribution < 1.29 is 14.0 Å². The van der Waals surface area contributed by atoms with Gasteiger partial charge in [-0.1, -0.05) is 13.3 Å². The fourth-order valence-corrected chi connectivity index (χ4v) is 3.23. The summed E-state index contributed by atoms with van der Waals surface area (Å²) in [6.07, 6.45) is 9.33. The lowest BCUT2D eigenvalue weighted by Crippen LogP contribution is -2.43. The van der Waals surface area contributed by atoms with E-state index < -0.39 is 11.7 Å². The number of aromatic nitrogens is 2. The van der Waals surface area contributed by atoms with Crippen molar-refractivity contribution in [2.45, 2.75) is 45.1 Å². The molecule has 0 saturated carbocycles. The number of hydrogen-bond donors (Lipinski definition) is 0. The van der Waals surface area contributed by atoms with E-state index in [1.807, 2.05) is 12.4 Å². The first-order valence-corrected chi connectivity index (χ1v) is 8.58. The molecule has 2 aromatic rings. The molecule has 1 amide bonds. The molecule has 0 spiro atoms. The Labute approximate surface area is 141 Å². The zero-order valence-electron chi connectivity index (χ0n) is 14.0. The van der Waals surface area contributed by atoms with Crippen LogP contribution in [0.1, 0.15) is 54.9 Å². The lowest BCUT2D eigenvalue weighted by molar-refractivity contribution is -0.127. The number of hydrogen-bond acceptors (Lipinski definition) is 4. The Balaban J connectivity index is 1.69. The first kappa shape index (κ1) is 16.5. The van der Waals surface area contributed by atoms with Gasteiger partial charge in [0.2, 0.25) is 0 Å². The molecule has 1 unspecified atom stereocenters. The third-order valence-electron chi connectivity index (χ3n) is 4.51. The Kier molecular flexibility index (Phi) is 5.13. The van der Waals surface area contributed by atoms with Crippen LogP contribution >= 0.6 is 0 Å². The van der Waals surface area contributed by atoms with Gasteiger partial charge in [0, 0.05) is 37.9 Å². The zero-order valence-corrected chi connectivity index (χ0v) is 14.0. The lowest BCUT2D eigenvalue weighted by Gasteiger charge is -2.32. The summed E-state index contributed by atoms with van der Waals surface area (Å²) in [5, 5.41) is 0. The summed E-state index contributed by atoms with van der Waals surface area (Å²) in [5.74, 6) is 0.244. The van der Waals surface area contributed by atoms with Crippen LogP contribution in [0.15, 0.2) is 35.2 Å². The third-order valence-corrected chi connectivity index (χ3v) is 4.51. The van der Waals surface area contributed by atoms with Gasteiger partial charge >= 0.3 is 0 Å². The van der Waals surface area contributed by atoms with Gasteiger partial charge in [-0.25, -0.2) is 4.98 Å². The summed E-state index contributed by atoms with van der Waals surface area (Å²) in [7, 11) is 0. The highest BCUT2D eigenvalue weighted by molar-refractivity contribution is 6.41. The van der Waals surface area contributed by atoms with Gasteiger partial charge in [-0.2, -0.15) is 0 Å². The molecule has 1 atom stereocenters. The maximum Gasteiger partial charge on any atom is 0.298 e. The highest BCUT2D eigenvalue weighted by Crippen LogP contribution is 2.26. The average Bonchev–Trinajstić information content (AvgIpc) is 3.30. The summed E-state index contributed by atoms with van der Waals surface area (Å²) >= 11 is 0. The summed E-state index contributed by atoms with van der Waals surface area (Å²) in [4.78, 5) is 30.8. The number of unbranched alkanes of at least 4 members (excludes halogenated alkanes) is 1. The highest BCUT2D eigenvalue weighted by atomic mass is 16.3. The highest BCUT2D eigenvalue weighted by Gasteiger charge is 2.31. The largest absolute Gasteiger partial charge is 0.461 e. The van der Waals surface area contributed by atoms with E-state index in [1.54, 1.807) is 11.0 Å². The first-order chi connectivity index (χ1) is 11.7. The van der Waals surface area contributed by atoms with Gasteiger partial charge < -0.3 is 13.9 Å². The van der Waals surface area contributed by atoms with Crippen molar-refractivity contribution in [3.05, 3.63) is 42.4 Å². The second-order valence-electron chi connectivity index (χ2n) is 6.23. The normalized spacial score (nSPS) is 17.9. The molecule has 3 rings (SSSR count). The maximum absolute atomic E-state index is 12.5. The van der Waals surface area contributed by atoms with E-state index in [9.17, 15) is 9.59 Å². The quantitative estimate of drug-likeness (QED) is 0.604. The van der Waals surface area contributed by atoms with Gasteiger partial charge in [-0.05, 0) is 31.4 Å². The van der Waals surface area contributed by atoms with Crippen molar-refractivity contribution in [1.82, 2.24) is 14.5 Å². The molecular weight excluding hydrogens is 306 g/mol. The van der Waals surface area contributed by atoms with Crippen LogP contribution in [0.2, 0.25) is 0 Å². The van der Waals surface area contributed by atoms with Gasteiger partial charge in [0.15, 0.2) is 5.76 Å². The summed E-state index contributed by atoms with van der Waals surface area (Å²) in [6.45, 7) is 4.26. The minimum atomic E-state index is -0.574. The fourth-order valence-electron chi connectivity index (χ4n) is 3.23. The van der Waals surface area contributed by atoms with Crippen molar-refractivity contribution in [2.75, 3.05) is 13.1 Å². The number of amides is 1. The Morgan fingerprint density at radius 1 is 1.42 bits per heavy atom. The van der Waals surface area contributed by atoms with Crippen molar-refractivity contribution in [3.63, 3.8) is 0 Å². The molecule has 24 heavy (non-hydrogen) atoms. The first-order valence-electron chi connectivity index (χ1n) is 8.58. The summed E-state index contributed by atoms with van der Waals surface area (Å²) < 4.78 is 7.23. The topological polar surface area (TPSA) is 68.3 Å². The van der Waals surface area contributed by atoms with Crippen LogP contribution in [0.25, 0.3) is 0 Å². The summed E-state index contributed by atoms with van der Waals surface area (Å²) in [6, 6.07) is 3.14. The van der Waals surface area contributed by atoms with E-state index in [0.29, 0.717) is 13.1 Å². The predicted octanol–water partition coefficient (Wildman–Crippen LogP) is 2.87. The molecule has 1 fully saturated rings. The Morgan fingerprint density at radius 2 is 2.29 bits per heavy atom. The van der Waals surface area contributed by atoms with E-state index in [4.69, 9.17) is 4.42 Å². The molecule has 3 heterocycles. The molecule has 0 aliphatic carbocycles. The van der Waals surface area contributed by atoms with Gasteiger partial charge in [-0.3, -0.25) is 9.59 Å². The molecule has 0 radical (unpaired) electrons. The van der Waals surface area contributed by atoms with Crippen molar-refractivity contribution in [2.24, 2.45) is 0 Å². The number of carbonyl (C=O) groups excluding carboxylic acids is 2. The molecular formula is C18H23N3O3. The standard InChI is InChI=1S/C18H23N3O3/c1-2-3-9-20-11-8-19-17(20)14-6-4-10-21(13-14)18(23)16(22)15-7-5-12-24-15/h5,7-8,11-12,14H,2-4,6,9-10,13H2,1H3. The van der Waals surface area contributed by atoms with Crippen LogP contribution in [0, 0.1) is 0 Å². The van der Waals surface area contributed by atoms with Crippen LogP contribution in [0.5, 0.6) is 0 Å². The van der Waals surface area contributed by atoms with E-state index in [-0.39, 0.29) is 11.7 Å². The Bertz CT molecular complexity index is 690. The molecule has 0 bridgehead atoms. The van der Waals surface area contributed by atoms with Gasteiger partial charge in [-0.15, -0.1) is 0 Å². The Morgan fingerprint density at radius 3 is 3.04 bits per heavy atom. The van der Waals surface area contributed by atoms with E-state index in [2.05, 4.69) is 16.5 Å². The number of ketones is 1. The molecule has 1 aliphatic rings. The molecule has 6 nitrogen and oxygen atoms in total. The lowest BCUT2D eigenvalue weighted by atomic mass is 9.96. The third kappa shape index (κ3) is 3.42. The molecule has 1 aliphatic heterocycles. The minimum Gasteiger partial charge on any atom is -0.461 e. The van der Waals surface area contributed by atoms with E-state index >= 15 is 0 Å². The van der Waals surface area contributed by atoms with Crippen LogP contribution in [-0.2, 0) is 11.3 Å². The fraction of sp³-hybridized carbons (Fsp3) is 0.500. The van der Waals surface area contributed by atoms with Crippen LogP contribution in [-0.4, -0.2) is 39.2 Å². The number of piperidine rings is 1. The zero-order chi connectivity index (χ0) is 16.9. The number of rotatable bonds is 6. The van der Waals surface area contributed by atoms with Crippen LogP contribution in [0.3, 0.4) is 0 Å². The smallest absolute Gasteiger partial charge is 0.298 e. The van der Waals surface area contributed by atoms with Crippen LogP contribution in [0.4, 0.5) is 0 Å². The van der Waals surface area contributed by atoms with E-state index in [0.717, 1.165) is 38.1 Å². The van der Waals surface area contributed by atoms with Crippen molar-refractivity contribution in [1.29, 1.82) is 0 Å². The predicted molar refractivity (Wildman–Crippen MR) is 88.7 cm³/mol. The Hall–Kier alpha value is -2.37. The average molecular weight is 329 g/mol. The molecule has 0 aromatic carbocycles. The number of imidazole rings is 1. The monoisotopic (exact) mass is 329 g/mol. The van der Waals surface area contributed by atoms with Crippen LogP contribution < -0.4 is 0 Å². The molecule has 0 N–H and O–H groups in total. The van der Waals surface area contributed by atoms with Crippen molar-refractivity contribution >= 4 is 11.7 Å². The minimum absolute atomic E-state index is 0.103. The number of furan rings is 1. The van der Waals surface area contributed by atoms with Crippen molar-refractivity contribution in [3.8, 4) is 0 Å².